The molecule has 0 heterocycles. The number of nitrogens with zero attached hydrogens (tertiary/aromatic N) is 1. The molecular weight excluding hydrogens is 294 g/mol. The average Bonchev–Trinajstić information content (AvgIpc) is 2.50. The number of amides is 2. The monoisotopic (exact) mass is 309 g/mol. The maximum absolute atomic E-state index is 11.6. The molecule has 2 N–H and O–H groups in total. The zero-order valence-corrected chi connectivity index (χ0v) is 11.8. The molecule has 0 atom stereocenters. The SMILES string of the molecule is COC(=O)CNC(=O)CNC(=O)Cc1cccc([N+](=O)[O-])c1. The summed E-state index contributed by atoms with van der Waals surface area (Å²) in [5.74, 6) is -1.61. The highest BCUT2D eigenvalue weighted by Crippen LogP contribution is 2.13. The standard InChI is InChI=1S/C13H15N3O6/c1-22-13(19)8-15-12(18)7-14-11(17)6-9-3-2-4-10(5-9)16(20)21/h2-5H,6-8H2,1H3,(H,14,17)(H,15,18). The van der Waals surface area contributed by atoms with Crippen molar-refractivity contribution < 1.29 is 24.0 Å². The Morgan fingerprint density at radius 1 is 1.18 bits per heavy atom. The zero-order valence-electron chi connectivity index (χ0n) is 11.8. The van der Waals surface area contributed by atoms with E-state index in [4.69, 9.17) is 0 Å². The Labute approximate surface area is 125 Å². The Balaban J connectivity index is 2.40. The van der Waals surface area contributed by atoms with E-state index in [9.17, 15) is 24.5 Å². The highest BCUT2D eigenvalue weighted by Gasteiger charge is 2.10. The van der Waals surface area contributed by atoms with Gasteiger partial charge < -0.3 is 15.4 Å². The first-order valence-corrected chi connectivity index (χ1v) is 6.26. The van der Waals surface area contributed by atoms with Crippen LogP contribution >= 0.6 is 0 Å². The third-order valence-corrected chi connectivity index (χ3v) is 2.59. The fourth-order valence-corrected chi connectivity index (χ4v) is 1.51. The van der Waals surface area contributed by atoms with Gasteiger partial charge in [0.15, 0.2) is 0 Å². The molecule has 0 aliphatic carbocycles. The number of esters is 1. The Morgan fingerprint density at radius 2 is 1.86 bits per heavy atom. The summed E-state index contributed by atoms with van der Waals surface area (Å²) in [5, 5.41) is 15.2. The van der Waals surface area contributed by atoms with Crippen molar-refractivity contribution in [3.8, 4) is 0 Å². The van der Waals surface area contributed by atoms with E-state index in [2.05, 4.69) is 15.4 Å². The highest BCUT2D eigenvalue weighted by molar-refractivity contribution is 5.87. The maximum Gasteiger partial charge on any atom is 0.325 e. The Morgan fingerprint density at radius 3 is 2.50 bits per heavy atom. The molecule has 0 bridgehead atoms. The van der Waals surface area contributed by atoms with Crippen molar-refractivity contribution in [2.75, 3.05) is 20.2 Å². The van der Waals surface area contributed by atoms with Crippen LogP contribution in [0.4, 0.5) is 5.69 Å². The van der Waals surface area contributed by atoms with E-state index in [-0.39, 0.29) is 25.2 Å². The lowest BCUT2D eigenvalue weighted by atomic mass is 10.1. The van der Waals surface area contributed by atoms with Crippen LogP contribution in [0.15, 0.2) is 24.3 Å². The molecule has 22 heavy (non-hydrogen) atoms. The second-order valence-corrected chi connectivity index (χ2v) is 4.23. The second-order valence-electron chi connectivity index (χ2n) is 4.23. The van der Waals surface area contributed by atoms with Crippen LogP contribution in [0.25, 0.3) is 0 Å². The molecule has 0 radical (unpaired) electrons. The third kappa shape index (κ3) is 5.99. The molecule has 0 saturated carbocycles. The van der Waals surface area contributed by atoms with E-state index in [1.807, 2.05) is 0 Å². The van der Waals surface area contributed by atoms with Crippen LogP contribution in [0.5, 0.6) is 0 Å². The minimum atomic E-state index is -0.601. The summed E-state index contributed by atoms with van der Waals surface area (Å²) in [6.45, 7) is -0.583. The van der Waals surface area contributed by atoms with Crippen molar-refractivity contribution in [2.45, 2.75) is 6.42 Å². The lowest BCUT2D eigenvalue weighted by Crippen LogP contribution is -2.39. The zero-order chi connectivity index (χ0) is 16.5. The predicted molar refractivity (Wildman–Crippen MR) is 74.8 cm³/mol. The number of ether oxygens (including phenoxy) is 1. The number of hydrogen-bond acceptors (Lipinski definition) is 6. The van der Waals surface area contributed by atoms with Gasteiger partial charge in [-0.25, -0.2) is 0 Å². The number of benzene rings is 1. The fourth-order valence-electron chi connectivity index (χ4n) is 1.51. The number of nitro groups is 1. The molecule has 9 heteroatoms. The van der Waals surface area contributed by atoms with E-state index >= 15 is 0 Å². The van der Waals surface area contributed by atoms with Crippen LogP contribution in [-0.4, -0.2) is 42.9 Å². The molecule has 0 aliphatic rings. The molecule has 1 aromatic rings. The number of carbonyl (C=O) groups excluding carboxylic acids is 3. The molecule has 1 rings (SSSR count). The molecule has 2 amide bonds. The number of nitro benzene ring substituents is 1. The second kappa shape index (κ2) is 8.35. The number of hydrogen-bond donors (Lipinski definition) is 2. The van der Waals surface area contributed by atoms with Gasteiger partial charge in [-0.1, -0.05) is 12.1 Å². The summed E-state index contributed by atoms with van der Waals surface area (Å²) in [6.07, 6.45) is -0.0913. The largest absolute Gasteiger partial charge is 0.468 e. The maximum atomic E-state index is 11.6. The normalized spacial score (nSPS) is 9.68. The number of nitrogens with one attached hydrogen (secondary N) is 2. The number of methoxy groups -OCH3 is 1. The number of non-ortho nitro benzene ring substituents is 1. The van der Waals surface area contributed by atoms with Crippen molar-refractivity contribution in [1.82, 2.24) is 10.6 Å². The van der Waals surface area contributed by atoms with E-state index in [0.29, 0.717) is 5.56 Å². The van der Waals surface area contributed by atoms with Gasteiger partial charge >= 0.3 is 5.97 Å². The van der Waals surface area contributed by atoms with Crippen LogP contribution in [0.2, 0.25) is 0 Å². The van der Waals surface area contributed by atoms with Gasteiger partial charge in [0.2, 0.25) is 11.8 Å². The van der Waals surface area contributed by atoms with Crippen LogP contribution in [-0.2, 0) is 25.5 Å². The molecule has 0 fully saturated rings. The van der Waals surface area contributed by atoms with Crippen LogP contribution in [0.3, 0.4) is 0 Å². The van der Waals surface area contributed by atoms with Crippen LogP contribution < -0.4 is 10.6 Å². The van der Waals surface area contributed by atoms with Gasteiger partial charge in [0.05, 0.1) is 25.0 Å². The average molecular weight is 309 g/mol. The van der Waals surface area contributed by atoms with Crippen LogP contribution in [0, 0.1) is 10.1 Å². The topological polar surface area (TPSA) is 128 Å². The van der Waals surface area contributed by atoms with E-state index in [0.717, 1.165) is 0 Å². The quantitative estimate of drug-likeness (QED) is 0.398. The Bertz CT molecular complexity index is 587. The smallest absolute Gasteiger partial charge is 0.325 e. The summed E-state index contributed by atoms with van der Waals surface area (Å²) in [7, 11) is 1.19. The molecule has 0 saturated heterocycles. The van der Waals surface area contributed by atoms with Gasteiger partial charge in [0.1, 0.15) is 6.54 Å². The first kappa shape index (κ1) is 17.1. The predicted octanol–water partition coefficient (Wildman–Crippen LogP) is -0.457. The summed E-state index contributed by atoms with van der Waals surface area (Å²) >= 11 is 0. The minimum absolute atomic E-state index is 0.0913. The molecule has 0 unspecified atom stereocenters. The summed E-state index contributed by atoms with van der Waals surface area (Å²) < 4.78 is 4.34. The summed E-state index contributed by atoms with van der Waals surface area (Å²) in [5.41, 5.74) is 0.350. The molecule has 0 spiro atoms. The fraction of sp³-hybridized carbons (Fsp3) is 0.308. The Kier molecular flexibility index (Phi) is 6.48. The third-order valence-electron chi connectivity index (χ3n) is 2.59. The molecular formula is C13H15N3O6. The Hall–Kier alpha value is -2.97. The van der Waals surface area contributed by atoms with Gasteiger partial charge in [-0.05, 0) is 5.56 Å². The molecule has 9 nitrogen and oxygen atoms in total. The molecule has 0 aromatic heterocycles. The number of rotatable bonds is 7. The molecule has 118 valence electrons. The van der Waals surface area contributed by atoms with E-state index in [1.165, 1.54) is 25.3 Å². The molecule has 1 aromatic carbocycles. The number of carbonyl (C=O) groups is 3. The van der Waals surface area contributed by atoms with Crippen molar-refractivity contribution in [1.29, 1.82) is 0 Å². The lowest BCUT2D eigenvalue weighted by molar-refractivity contribution is -0.384. The summed E-state index contributed by atoms with van der Waals surface area (Å²) in [4.78, 5) is 43.8. The van der Waals surface area contributed by atoms with E-state index in [1.54, 1.807) is 6.07 Å². The van der Waals surface area contributed by atoms with Gasteiger partial charge in [-0.3, -0.25) is 24.5 Å². The first-order valence-electron chi connectivity index (χ1n) is 6.26. The first-order chi connectivity index (χ1) is 10.4. The molecule has 0 aliphatic heterocycles. The van der Waals surface area contributed by atoms with Crippen molar-refractivity contribution in [3.63, 3.8) is 0 Å². The van der Waals surface area contributed by atoms with Gasteiger partial charge in [0, 0.05) is 12.1 Å². The lowest BCUT2D eigenvalue weighted by Gasteiger charge is -2.06. The van der Waals surface area contributed by atoms with Gasteiger partial charge in [-0.2, -0.15) is 0 Å². The van der Waals surface area contributed by atoms with Crippen molar-refractivity contribution >= 4 is 23.5 Å². The van der Waals surface area contributed by atoms with Gasteiger partial charge in [0.25, 0.3) is 5.69 Å². The highest BCUT2D eigenvalue weighted by atomic mass is 16.6. The van der Waals surface area contributed by atoms with Crippen molar-refractivity contribution in [2.24, 2.45) is 0 Å². The van der Waals surface area contributed by atoms with E-state index < -0.39 is 22.7 Å². The minimum Gasteiger partial charge on any atom is -0.468 e. The van der Waals surface area contributed by atoms with Gasteiger partial charge in [-0.15, -0.1) is 0 Å². The summed E-state index contributed by atoms with van der Waals surface area (Å²) in [6, 6.07) is 5.66. The van der Waals surface area contributed by atoms with Crippen LogP contribution in [0.1, 0.15) is 5.56 Å². The van der Waals surface area contributed by atoms with Crippen molar-refractivity contribution in [3.05, 3.63) is 39.9 Å².